The molecule has 0 aliphatic rings. The lowest BCUT2D eigenvalue weighted by Crippen LogP contribution is -2.47. The molecule has 1 aromatic rings. The van der Waals surface area contributed by atoms with Crippen LogP contribution >= 0.6 is 12.2 Å². The summed E-state index contributed by atoms with van der Waals surface area (Å²) in [5.74, 6) is 0.267. The summed E-state index contributed by atoms with van der Waals surface area (Å²) in [6, 6.07) is 8.16. The van der Waals surface area contributed by atoms with Crippen molar-refractivity contribution in [3.8, 4) is 0 Å². The Labute approximate surface area is 150 Å². The normalized spacial score (nSPS) is 10.9. The molecule has 24 heavy (non-hydrogen) atoms. The number of nitrogens with one attached hydrogen (secondary N) is 2. The number of carbonyl (C=O) groups is 1. The number of thiocarbonyl (C=S) groups is 1. The van der Waals surface area contributed by atoms with E-state index in [0.717, 1.165) is 12.0 Å². The van der Waals surface area contributed by atoms with Crippen molar-refractivity contribution in [3.05, 3.63) is 41.5 Å². The molecule has 0 aliphatic carbocycles. The third kappa shape index (κ3) is 7.57. The van der Waals surface area contributed by atoms with E-state index in [4.69, 9.17) is 17.0 Å². The summed E-state index contributed by atoms with van der Waals surface area (Å²) in [6.07, 6.45) is 4.13. The first-order chi connectivity index (χ1) is 11.4. The van der Waals surface area contributed by atoms with Crippen molar-refractivity contribution in [2.45, 2.75) is 26.2 Å². The van der Waals surface area contributed by atoms with Gasteiger partial charge in [-0.15, -0.1) is 0 Å². The SMILES string of the molecule is COCCCNC(=S)N(C)NC(=O)/C=C/c1ccc(C(C)C)cc1. The molecular weight excluding hydrogens is 322 g/mol. The van der Waals surface area contributed by atoms with Crippen molar-refractivity contribution >= 4 is 29.3 Å². The Bertz CT molecular complexity index is 556. The average Bonchev–Trinajstić information content (AvgIpc) is 2.57. The van der Waals surface area contributed by atoms with E-state index >= 15 is 0 Å². The van der Waals surface area contributed by atoms with Crippen molar-refractivity contribution in [2.75, 3.05) is 27.3 Å². The Morgan fingerprint density at radius 2 is 2.00 bits per heavy atom. The summed E-state index contributed by atoms with van der Waals surface area (Å²) < 4.78 is 4.97. The first-order valence-electron chi connectivity index (χ1n) is 8.03. The molecule has 1 aromatic carbocycles. The predicted molar refractivity (Wildman–Crippen MR) is 103 cm³/mol. The van der Waals surface area contributed by atoms with Crippen molar-refractivity contribution in [1.82, 2.24) is 15.8 Å². The molecule has 1 rings (SSSR count). The van der Waals surface area contributed by atoms with Crippen molar-refractivity contribution < 1.29 is 9.53 Å². The van der Waals surface area contributed by atoms with Gasteiger partial charge in [0.2, 0.25) is 0 Å². The third-order valence-electron chi connectivity index (χ3n) is 3.41. The molecule has 2 N–H and O–H groups in total. The van der Waals surface area contributed by atoms with Gasteiger partial charge in [0, 0.05) is 33.4 Å². The van der Waals surface area contributed by atoms with Gasteiger partial charge in [-0.3, -0.25) is 15.2 Å². The molecule has 0 heterocycles. The minimum absolute atomic E-state index is 0.230. The van der Waals surface area contributed by atoms with Gasteiger partial charge >= 0.3 is 0 Å². The molecule has 0 bridgehead atoms. The number of benzene rings is 1. The number of rotatable bonds is 7. The van der Waals surface area contributed by atoms with Crippen LogP contribution in [0.2, 0.25) is 0 Å². The van der Waals surface area contributed by atoms with Gasteiger partial charge in [0.05, 0.1) is 0 Å². The highest BCUT2D eigenvalue weighted by molar-refractivity contribution is 7.80. The molecule has 0 atom stereocenters. The Kier molecular flexibility index (Phi) is 9.04. The summed E-state index contributed by atoms with van der Waals surface area (Å²) in [5, 5.41) is 5.02. The minimum Gasteiger partial charge on any atom is -0.385 e. The Morgan fingerprint density at radius 1 is 1.33 bits per heavy atom. The standard InChI is InChI=1S/C18H27N3O2S/c1-14(2)16-9-6-15(7-10-16)8-11-17(22)20-21(3)18(24)19-12-5-13-23-4/h6-11,14H,5,12-13H2,1-4H3,(H,19,24)(H,20,22)/b11-8+. The summed E-state index contributed by atoms with van der Waals surface area (Å²) in [5.41, 5.74) is 4.96. The monoisotopic (exact) mass is 349 g/mol. The van der Waals surface area contributed by atoms with E-state index < -0.39 is 0 Å². The van der Waals surface area contributed by atoms with Crippen LogP contribution in [0.5, 0.6) is 0 Å². The van der Waals surface area contributed by atoms with Crippen LogP contribution in [0.15, 0.2) is 30.3 Å². The smallest absolute Gasteiger partial charge is 0.262 e. The topological polar surface area (TPSA) is 53.6 Å². The molecule has 132 valence electrons. The van der Waals surface area contributed by atoms with Gasteiger partial charge in [0.1, 0.15) is 0 Å². The fraction of sp³-hybridized carbons (Fsp3) is 0.444. The van der Waals surface area contributed by atoms with Gasteiger partial charge in [0.25, 0.3) is 5.91 Å². The molecule has 0 spiro atoms. The van der Waals surface area contributed by atoms with Gasteiger partial charge in [-0.1, -0.05) is 38.1 Å². The highest BCUT2D eigenvalue weighted by atomic mass is 32.1. The number of amides is 1. The Morgan fingerprint density at radius 3 is 2.58 bits per heavy atom. The van der Waals surface area contributed by atoms with E-state index in [1.807, 2.05) is 12.1 Å². The zero-order chi connectivity index (χ0) is 17.9. The molecule has 0 radical (unpaired) electrons. The quantitative estimate of drug-likeness (QED) is 0.343. The van der Waals surface area contributed by atoms with Crippen LogP contribution in [0, 0.1) is 0 Å². The molecule has 0 aliphatic heterocycles. The molecule has 0 aromatic heterocycles. The lowest BCUT2D eigenvalue weighted by Gasteiger charge is -2.20. The zero-order valence-corrected chi connectivity index (χ0v) is 15.7. The van der Waals surface area contributed by atoms with E-state index in [1.54, 1.807) is 20.2 Å². The van der Waals surface area contributed by atoms with E-state index in [9.17, 15) is 4.79 Å². The summed E-state index contributed by atoms with van der Waals surface area (Å²) in [7, 11) is 3.36. The summed E-state index contributed by atoms with van der Waals surface area (Å²) >= 11 is 5.20. The van der Waals surface area contributed by atoms with Gasteiger partial charge in [-0.25, -0.2) is 0 Å². The maximum Gasteiger partial charge on any atom is 0.262 e. The van der Waals surface area contributed by atoms with Gasteiger partial charge in [-0.2, -0.15) is 0 Å². The van der Waals surface area contributed by atoms with Gasteiger partial charge in [0.15, 0.2) is 5.11 Å². The fourth-order valence-electron chi connectivity index (χ4n) is 1.95. The summed E-state index contributed by atoms with van der Waals surface area (Å²) in [6.45, 7) is 5.68. The maximum absolute atomic E-state index is 11.9. The van der Waals surface area contributed by atoms with Crippen LogP contribution in [0.1, 0.15) is 37.3 Å². The van der Waals surface area contributed by atoms with Crippen LogP contribution < -0.4 is 10.7 Å². The van der Waals surface area contributed by atoms with Crippen LogP contribution in [0.3, 0.4) is 0 Å². The van der Waals surface area contributed by atoms with E-state index in [-0.39, 0.29) is 5.91 Å². The van der Waals surface area contributed by atoms with Crippen LogP contribution in [-0.4, -0.2) is 43.3 Å². The van der Waals surface area contributed by atoms with Crippen LogP contribution in [0.4, 0.5) is 0 Å². The first-order valence-corrected chi connectivity index (χ1v) is 8.44. The second kappa shape index (κ2) is 10.8. The Balaban J connectivity index is 2.42. The molecule has 0 unspecified atom stereocenters. The fourth-order valence-corrected chi connectivity index (χ4v) is 2.10. The molecule has 0 saturated heterocycles. The summed E-state index contributed by atoms with van der Waals surface area (Å²) in [4.78, 5) is 11.9. The van der Waals surface area contributed by atoms with E-state index in [1.165, 1.54) is 16.6 Å². The molecular formula is C18H27N3O2S. The number of hydrazine groups is 1. The molecule has 0 fully saturated rings. The maximum atomic E-state index is 11.9. The lowest BCUT2D eigenvalue weighted by atomic mass is 10.0. The molecule has 5 nitrogen and oxygen atoms in total. The second-order valence-electron chi connectivity index (χ2n) is 5.77. The van der Waals surface area contributed by atoms with Crippen molar-refractivity contribution in [3.63, 3.8) is 0 Å². The van der Waals surface area contributed by atoms with E-state index in [2.05, 4.69) is 36.7 Å². The van der Waals surface area contributed by atoms with Crippen LogP contribution in [0.25, 0.3) is 6.08 Å². The number of methoxy groups -OCH3 is 1. The predicted octanol–water partition coefficient (Wildman–Crippen LogP) is 2.70. The molecule has 0 saturated carbocycles. The number of carbonyl (C=O) groups excluding carboxylic acids is 1. The van der Waals surface area contributed by atoms with Crippen molar-refractivity contribution in [1.29, 1.82) is 0 Å². The number of ether oxygens (including phenoxy) is 1. The minimum atomic E-state index is -0.230. The zero-order valence-electron chi connectivity index (χ0n) is 14.8. The number of nitrogens with zero attached hydrogens (tertiary/aromatic N) is 1. The third-order valence-corrected chi connectivity index (χ3v) is 3.83. The molecule has 6 heteroatoms. The highest BCUT2D eigenvalue weighted by Gasteiger charge is 2.05. The van der Waals surface area contributed by atoms with Gasteiger partial charge in [-0.05, 0) is 41.8 Å². The number of hydrogen-bond donors (Lipinski definition) is 2. The highest BCUT2D eigenvalue weighted by Crippen LogP contribution is 2.15. The lowest BCUT2D eigenvalue weighted by molar-refractivity contribution is -0.119. The van der Waals surface area contributed by atoms with Crippen molar-refractivity contribution in [2.24, 2.45) is 0 Å². The first kappa shape index (κ1) is 20.1. The average molecular weight is 350 g/mol. The largest absolute Gasteiger partial charge is 0.385 e. The number of hydrogen-bond acceptors (Lipinski definition) is 3. The van der Waals surface area contributed by atoms with E-state index in [0.29, 0.717) is 24.2 Å². The van der Waals surface area contributed by atoms with Gasteiger partial charge < -0.3 is 10.1 Å². The second-order valence-corrected chi connectivity index (χ2v) is 6.15. The molecule has 1 amide bonds. The van der Waals surface area contributed by atoms with Crippen LogP contribution in [-0.2, 0) is 9.53 Å². The Hall–Kier alpha value is -1.92.